The smallest absolute Gasteiger partial charge is 0.246 e. The lowest BCUT2D eigenvalue weighted by molar-refractivity contribution is -0.127. The average Bonchev–Trinajstić information content (AvgIpc) is 2.95. The minimum absolute atomic E-state index is 0.175. The van der Waals surface area contributed by atoms with E-state index in [0.717, 1.165) is 33.4 Å². The second kappa shape index (κ2) is 12.7. The summed E-state index contributed by atoms with van der Waals surface area (Å²) in [5.74, 6) is -0.526. The Morgan fingerprint density at radius 1 is 0.462 bits per heavy atom. The molecule has 0 unspecified atom stereocenters. The van der Waals surface area contributed by atoms with Crippen LogP contribution in [0.3, 0.4) is 0 Å². The number of nitrogens with zero attached hydrogens (tertiary/aromatic N) is 3. The van der Waals surface area contributed by atoms with E-state index in [2.05, 4.69) is 19.7 Å². The average molecular weight is 520 g/mol. The summed E-state index contributed by atoms with van der Waals surface area (Å²) < 4.78 is 0. The predicted octanol–water partition coefficient (Wildman–Crippen LogP) is 5.14. The van der Waals surface area contributed by atoms with Crippen LogP contribution in [0.15, 0.2) is 111 Å². The Balaban J connectivity index is 1.78. The zero-order chi connectivity index (χ0) is 27.8. The van der Waals surface area contributed by atoms with Crippen molar-refractivity contribution in [3.05, 3.63) is 144 Å². The molecule has 0 saturated carbocycles. The monoisotopic (exact) mass is 519 g/mol. The Kier molecular flexibility index (Phi) is 8.90. The van der Waals surface area contributed by atoms with Gasteiger partial charge in [-0.05, 0) is 51.6 Å². The predicted molar refractivity (Wildman–Crippen MR) is 153 cm³/mol. The Labute approximate surface area is 230 Å². The van der Waals surface area contributed by atoms with Crippen molar-refractivity contribution in [2.75, 3.05) is 0 Å². The van der Waals surface area contributed by atoms with E-state index in [-0.39, 0.29) is 17.7 Å². The molecular formula is C33H33N3O3. The van der Waals surface area contributed by atoms with Crippen LogP contribution in [-0.2, 0) is 53.7 Å². The first-order chi connectivity index (χ1) is 18.9. The summed E-state index contributed by atoms with van der Waals surface area (Å²) in [5.41, 5.74) is 5.73. The number of rotatable bonds is 3. The second-order valence-electron chi connectivity index (χ2n) is 9.66. The van der Waals surface area contributed by atoms with Crippen molar-refractivity contribution in [2.45, 2.75) is 39.3 Å². The van der Waals surface area contributed by atoms with Crippen molar-refractivity contribution in [2.24, 2.45) is 0 Å². The van der Waals surface area contributed by atoms with Gasteiger partial charge in [0.2, 0.25) is 17.7 Å². The molecule has 0 aliphatic carbocycles. The van der Waals surface area contributed by atoms with E-state index < -0.39 is 0 Å². The molecule has 0 spiro atoms. The van der Waals surface area contributed by atoms with Gasteiger partial charge in [-0.1, -0.05) is 92.5 Å². The molecule has 1 heterocycles. The maximum absolute atomic E-state index is 12.8. The van der Waals surface area contributed by atoms with Crippen LogP contribution in [0.4, 0.5) is 0 Å². The molecule has 0 fully saturated rings. The SMILES string of the molecule is C=CC(=O)N1Cc2cccc(c2)CN(C(=O)C=C)Cc2cccc(c2)CN(C(=O)C=C)Cc2cccc(c2)C1. The van der Waals surface area contributed by atoms with E-state index in [0.29, 0.717) is 39.3 Å². The Morgan fingerprint density at radius 2 is 0.667 bits per heavy atom. The Bertz CT molecular complexity index is 1180. The highest BCUT2D eigenvalue weighted by atomic mass is 16.2. The van der Waals surface area contributed by atoms with Crippen molar-refractivity contribution < 1.29 is 14.4 Å². The highest BCUT2D eigenvalue weighted by Crippen LogP contribution is 2.19. The van der Waals surface area contributed by atoms with E-state index in [1.807, 2.05) is 72.8 Å². The number of hydrogen-bond acceptors (Lipinski definition) is 3. The van der Waals surface area contributed by atoms with Gasteiger partial charge in [0.25, 0.3) is 0 Å². The van der Waals surface area contributed by atoms with E-state index in [4.69, 9.17) is 0 Å². The number of benzene rings is 3. The summed E-state index contributed by atoms with van der Waals surface area (Å²) in [6.07, 6.45) is 3.97. The van der Waals surface area contributed by atoms with Gasteiger partial charge in [-0.3, -0.25) is 14.4 Å². The van der Waals surface area contributed by atoms with Crippen LogP contribution < -0.4 is 0 Å². The van der Waals surface area contributed by atoms with Crippen molar-refractivity contribution in [1.82, 2.24) is 14.7 Å². The fourth-order valence-corrected chi connectivity index (χ4v) is 4.82. The van der Waals surface area contributed by atoms with Crippen LogP contribution in [0, 0.1) is 0 Å². The van der Waals surface area contributed by atoms with Crippen molar-refractivity contribution in [3.63, 3.8) is 0 Å². The van der Waals surface area contributed by atoms with Crippen LogP contribution >= 0.6 is 0 Å². The van der Waals surface area contributed by atoms with E-state index in [1.165, 1.54) is 18.2 Å². The van der Waals surface area contributed by atoms with Crippen LogP contribution in [0.2, 0.25) is 0 Å². The largest absolute Gasteiger partial charge is 0.331 e. The van der Waals surface area contributed by atoms with Crippen LogP contribution in [0.25, 0.3) is 0 Å². The number of carbonyl (C=O) groups is 3. The van der Waals surface area contributed by atoms with Crippen molar-refractivity contribution >= 4 is 17.7 Å². The number of carbonyl (C=O) groups excluding carboxylic acids is 3. The highest BCUT2D eigenvalue weighted by molar-refractivity contribution is 5.88. The molecule has 3 amide bonds. The van der Waals surface area contributed by atoms with Gasteiger partial charge in [0, 0.05) is 39.3 Å². The van der Waals surface area contributed by atoms with Gasteiger partial charge in [0.1, 0.15) is 0 Å². The Morgan fingerprint density at radius 3 is 0.846 bits per heavy atom. The van der Waals surface area contributed by atoms with E-state index in [1.54, 1.807) is 14.7 Å². The summed E-state index contributed by atoms with van der Waals surface area (Å²) in [7, 11) is 0. The molecule has 6 heteroatoms. The summed E-state index contributed by atoms with van der Waals surface area (Å²) in [6.45, 7) is 13.4. The first kappa shape index (κ1) is 27.3. The summed E-state index contributed by atoms with van der Waals surface area (Å²) in [5, 5.41) is 0. The van der Waals surface area contributed by atoms with Gasteiger partial charge >= 0.3 is 0 Å². The lowest BCUT2D eigenvalue weighted by Gasteiger charge is -2.26. The summed E-state index contributed by atoms with van der Waals surface area (Å²) in [6, 6.07) is 23.8. The molecule has 1 aliphatic rings. The number of hydrogen-bond donors (Lipinski definition) is 0. The van der Waals surface area contributed by atoms with E-state index in [9.17, 15) is 14.4 Å². The highest BCUT2D eigenvalue weighted by Gasteiger charge is 2.17. The molecule has 3 aromatic rings. The summed E-state index contributed by atoms with van der Waals surface area (Å²) in [4.78, 5) is 43.6. The van der Waals surface area contributed by atoms with Gasteiger partial charge in [0.05, 0.1) is 0 Å². The molecule has 0 radical (unpaired) electrons. The first-order valence-electron chi connectivity index (χ1n) is 12.9. The van der Waals surface area contributed by atoms with Crippen LogP contribution in [0.1, 0.15) is 33.4 Å². The summed E-state index contributed by atoms with van der Waals surface area (Å²) >= 11 is 0. The fourth-order valence-electron chi connectivity index (χ4n) is 4.82. The zero-order valence-corrected chi connectivity index (χ0v) is 22.1. The normalized spacial score (nSPS) is 14.0. The molecule has 3 aromatic carbocycles. The second-order valence-corrected chi connectivity index (χ2v) is 9.66. The molecule has 0 aromatic heterocycles. The molecule has 1 aliphatic heterocycles. The lowest BCUT2D eigenvalue weighted by Crippen LogP contribution is -2.30. The van der Waals surface area contributed by atoms with Gasteiger partial charge in [-0.15, -0.1) is 0 Å². The van der Waals surface area contributed by atoms with Crippen LogP contribution in [0.5, 0.6) is 0 Å². The molecule has 6 bridgehead atoms. The molecule has 4 rings (SSSR count). The topological polar surface area (TPSA) is 60.9 Å². The maximum Gasteiger partial charge on any atom is 0.246 e. The fraction of sp³-hybridized carbons (Fsp3) is 0.182. The first-order valence-corrected chi connectivity index (χ1v) is 12.9. The molecule has 39 heavy (non-hydrogen) atoms. The van der Waals surface area contributed by atoms with Gasteiger partial charge in [-0.25, -0.2) is 0 Å². The lowest BCUT2D eigenvalue weighted by atomic mass is 10.1. The van der Waals surface area contributed by atoms with Crippen molar-refractivity contribution in [1.29, 1.82) is 0 Å². The standard InChI is InChI=1S/C33H33N3O3/c1-4-31(37)34-19-25-10-7-12-27(16-25)21-35(32(38)5-2)23-29-14-9-15-30(18-29)24-36(33(39)6-3)22-28-13-8-11-26(17-28)20-34/h4-18H,1-3,19-24H2. The van der Waals surface area contributed by atoms with Crippen LogP contribution in [-0.4, -0.2) is 32.4 Å². The molecular weight excluding hydrogens is 486 g/mol. The van der Waals surface area contributed by atoms with Gasteiger partial charge in [-0.2, -0.15) is 0 Å². The van der Waals surface area contributed by atoms with Gasteiger partial charge in [0.15, 0.2) is 0 Å². The third-order valence-electron chi connectivity index (χ3n) is 6.67. The zero-order valence-electron chi connectivity index (χ0n) is 22.1. The number of fused-ring (bicyclic) bond motifs is 6. The molecule has 6 nitrogen and oxygen atoms in total. The third kappa shape index (κ3) is 7.20. The third-order valence-corrected chi connectivity index (χ3v) is 6.67. The maximum atomic E-state index is 12.8. The number of amides is 3. The van der Waals surface area contributed by atoms with Crippen molar-refractivity contribution in [3.8, 4) is 0 Å². The molecule has 0 saturated heterocycles. The molecule has 0 atom stereocenters. The van der Waals surface area contributed by atoms with Gasteiger partial charge < -0.3 is 14.7 Å². The molecule has 0 N–H and O–H groups in total. The minimum atomic E-state index is -0.175. The minimum Gasteiger partial charge on any atom is -0.331 e. The Hall–Kier alpha value is -4.71. The molecule has 198 valence electrons. The van der Waals surface area contributed by atoms with E-state index >= 15 is 0 Å². The quantitative estimate of drug-likeness (QED) is 0.450.